The average molecular weight is 273 g/mol. The number of carbonyl (C=O) groups excluding carboxylic acids is 1. The molecule has 1 fully saturated rings. The van der Waals surface area contributed by atoms with Crippen LogP contribution in [-0.2, 0) is 0 Å². The van der Waals surface area contributed by atoms with E-state index in [1.165, 1.54) is 12.8 Å². The molecule has 0 bridgehead atoms. The number of carbonyl (C=O) groups is 1. The van der Waals surface area contributed by atoms with Gasteiger partial charge in [0.15, 0.2) is 0 Å². The molecule has 106 valence electrons. The van der Waals surface area contributed by atoms with Gasteiger partial charge in [0.05, 0.1) is 11.4 Å². The minimum absolute atomic E-state index is 0.0404. The van der Waals surface area contributed by atoms with E-state index in [1.807, 2.05) is 24.3 Å². The van der Waals surface area contributed by atoms with Gasteiger partial charge in [-0.15, -0.1) is 0 Å². The molecule has 2 aliphatic rings. The summed E-state index contributed by atoms with van der Waals surface area (Å²) in [6, 6.07) is 7.84. The summed E-state index contributed by atoms with van der Waals surface area (Å²) >= 11 is 0. The number of rotatable bonds is 1. The van der Waals surface area contributed by atoms with E-state index in [9.17, 15) is 4.79 Å². The molecule has 20 heavy (non-hydrogen) atoms. The summed E-state index contributed by atoms with van der Waals surface area (Å²) < 4.78 is 0. The minimum atomic E-state index is -0.0404. The Kier molecular flexibility index (Phi) is 3.58. The molecule has 0 saturated heterocycles. The van der Waals surface area contributed by atoms with Crippen molar-refractivity contribution in [2.45, 2.75) is 38.1 Å². The fourth-order valence-electron chi connectivity index (χ4n) is 3.06. The van der Waals surface area contributed by atoms with Gasteiger partial charge in [-0.2, -0.15) is 0 Å². The molecule has 1 aliphatic heterocycles. The van der Waals surface area contributed by atoms with Crippen molar-refractivity contribution >= 4 is 17.4 Å². The van der Waals surface area contributed by atoms with Crippen molar-refractivity contribution in [1.29, 1.82) is 0 Å². The third-order valence-electron chi connectivity index (χ3n) is 4.13. The summed E-state index contributed by atoms with van der Waals surface area (Å²) in [6.07, 6.45) is 5.12. The molecule has 2 N–H and O–H groups in total. The van der Waals surface area contributed by atoms with E-state index in [0.717, 1.165) is 24.1 Å². The molecule has 0 unspecified atom stereocenters. The monoisotopic (exact) mass is 273 g/mol. The highest BCUT2D eigenvalue weighted by Gasteiger charge is 2.28. The number of fused-ring (bicyclic) bond motifs is 1. The number of hydrogen-bond acceptors (Lipinski definition) is 3. The summed E-state index contributed by atoms with van der Waals surface area (Å²) in [6.45, 7) is 0.551. The molecule has 1 aliphatic carbocycles. The third kappa shape index (κ3) is 2.35. The first kappa shape index (κ1) is 13.0. The molecule has 3 rings (SSSR count). The fraction of sp³-hybridized carbons (Fsp3) is 0.467. The molecule has 1 aromatic rings. The topological polar surface area (TPSA) is 64.9 Å². The normalized spacial score (nSPS) is 21.0. The predicted molar refractivity (Wildman–Crippen MR) is 77.5 cm³/mol. The molecular weight excluding hydrogens is 254 g/mol. The number of nitrogens with one attached hydrogen (secondary N) is 1. The van der Waals surface area contributed by atoms with E-state index in [2.05, 4.69) is 10.5 Å². The third-order valence-corrected chi connectivity index (χ3v) is 4.13. The summed E-state index contributed by atoms with van der Waals surface area (Å²) in [5.74, 6) is 0. The lowest BCUT2D eigenvalue weighted by Crippen LogP contribution is -2.47. The van der Waals surface area contributed by atoms with E-state index < -0.39 is 0 Å². The Bertz CT molecular complexity index is 536. The van der Waals surface area contributed by atoms with Crippen molar-refractivity contribution in [3.8, 4) is 0 Å². The first-order chi connectivity index (χ1) is 9.79. The van der Waals surface area contributed by atoms with Crippen molar-refractivity contribution in [1.82, 2.24) is 5.32 Å². The highest BCUT2D eigenvalue weighted by Crippen LogP contribution is 2.28. The van der Waals surface area contributed by atoms with Gasteiger partial charge < -0.3 is 10.5 Å². The van der Waals surface area contributed by atoms with Crippen LogP contribution in [-0.4, -0.2) is 29.5 Å². The predicted octanol–water partition coefficient (Wildman–Crippen LogP) is 2.73. The number of para-hydroxylation sites is 1. The Morgan fingerprint density at radius 2 is 2.05 bits per heavy atom. The van der Waals surface area contributed by atoms with Gasteiger partial charge in [0.25, 0.3) is 0 Å². The van der Waals surface area contributed by atoms with E-state index in [-0.39, 0.29) is 6.03 Å². The zero-order valence-electron chi connectivity index (χ0n) is 11.4. The van der Waals surface area contributed by atoms with Gasteiger partial charge in [0.1, 0.15) is 0 Å². The minimum Gasteiger partial charge on any atom is -0.411 e. The van der Waals surface area contributed by atoms with Crippen LogP contribution >= 0.6 is 0 Å². The highest BCUT2D eigenvalue weighted by atomic mass is 16.4. The smallest absolute Gasteiger partial charge is 0.322 e. The number of anilines is 1. The number of hydrogen-bond donors (Lipinski definition) is 2. The molecule has 1 saturated carbocycles. The Labute approximate surface area is 118 Å². The molecule has 0 aromatic heterocycles. The lowest BCUT2D eigenvalue weighted by Gasteiger charge is -2.30. The summed E-state index contributed by atoms with van der Waals surface area (Å²) in [7, 11) is 0. The average Bonchev–Trinajstić information content (AvgIpc) is 2.99. The largest absolute Gasteiger partial charge is 0.411 e. The van der Waals surface area contributed by atoms with Crippen LogP contribution in [0.2, 0.25) is 0 Å². The molecule has 5 nitrogen and oxygen atoms in total. The SMILES string of the molecule is O=C(NC1CCCC1)N1CC/C(=N/O)c2ccccc21. The molecular formula is C15H19N3O2. The first-order valence-corrected chi connectivity index (χ1v) is 7.18. The maximum absolute atomic E-state index is 12.4. The van der Waals surface area contributed by atoms with Gasteiger partial charge >= 0.3 is 6.03 Å². The van der Waals surface area contributed by atoms with Crippen molar-refractivity contribution in [3.05, 3.63) is 29.8 Å². The highest BCUT2D eigenvalue weighted by molar-refractivity contribution is 6.10. The van der Waals surface area contributed by atoms with Gasteiger partial charge in [-0.05, 0) is 18.9 Å². The summed E-state index contributed by atoms with van der Waals surface area (Å²) in [4.78, 5) is 14.2. The van der Waals surface area contributed by atoms with E-state index in [4.69, 9.17) is 5.21 Å². The Balaban J connectivity index is 1.82. The van der Waals surface area contributed by atoms with Crippen LogP contribution < -0.4 is 10.2 Å². The molecule has 0 radical (unpaired) electrons. The maximum atomic E-state index is 12.4. The van der Waals surface area contributed by atoms with Crippen molar-refractivity contribution in [2.24, 2.45) is 5.16 Å². The Morgan fingerprint density at radius 3 is 2.80 bits per heavy atom. The van der Waals surface area contributed by atoms with Crippen LogP contribution in [0.5, 0.6) is 0 Å². The lowest BCUT2D eigenvalue weighted by molar-refractivity contribution is 0.242. The summed E-state index contributed by atoms with van der Waals surface area (Å²) in [5.41, 5.74) is 2.30. The second kappa shape index (κ2) is 5.53. The van der Waals surface area contributed by atoms with Gasteiger partial charge in [-0.1, -0.05) is 36.2 Å². The molecule has 1 aromatic carbocycles. The van der Waals surface area contributed by atoms with Crippen molar-refractivity contribution in [2.75, 3.05) is 11.4 Å². The Hall–Kier alpha value is -2.04. The van der Waals surface area contributed by atoms with Crippen LogP contribution in [0.1, 0.15) is 37.7 Å². The number of amides is 2. The van der Waals surface area contributed by atoms with Crippen LogP contribution in [0.3, 0.4) is 0 Å². The van der Waals surface area contributed by atoms with Gasteiger partial charge in [-0.25, -0.2) is 4.79 Å². The summed E-state index contributed by atoms with van der Waals surface area (Å²) in [5, 5.41) is 15.5. The van der Waals surface area contributed by atoms with Crippen LogP contribution in [0.25, 0.3) is 0 Å². The molecule has 0 spiro atoms. The molecule has 5 heteroatoms. The Morgan fingerprint density at radius 1 is 1.30 bits per heavy atom. The van der Waals surface area contributed by atoms with Crippen molar-refractivity contribution < 1.29 is 10.0 Å². The van der Waals surface area contributed by atoms with Gasteiger partial charge in [0, 0.05) is 24.6 Å². The number of urea groups is 1. The number of oxime groups is 1. The second-order valence-corrected chi connectivity index (χ2v) is 5.40. The van der Waals surface area contributed by atoms with Crippen LogP contribution in [0, 0.1) is 0 Å². The fourth-order valence-corrected chi connectivity index (χ4v) is 3.06. The van der Waals surface area contributed by atoms with E-state index >= 15 is 0 Å². The first-order valence-electron chi connectivity index (χ1n) is 7.18. The van der Waals surface area contributed by atoms with Gasteiger partial charge in [0.2, 0.25) is 0 Å². The quantitative estimate of drug-likeness (QED) is 0.610. The van der Waals surface area contributed by atoms with Crippen LogP contribution in [0.4, 0.5) is 10.5 Å². The van der Waals surface area contributed by atoms with Gasteiger partial charge in [-0.3, -0.25) is 4.90 Å². The standard InChI is InChI=1S/C15H19N3O2/c19-15(16-11-5-1-2-6-11)18-10-9-13(17-20)12-7-3-4-8-14(12)18/h3-4,7-8,11,20H,1-2,5-6,9-10H2,(H,16,19)/b17-13-. The molecule has 0 atom stereocenters. The zero-order valence-corrected chi connectivity index (χ0v) is 11.4. The zero-order chi connectivity index (χ0) is 13.9. The van der Waals surface area contributed by atoms with E-state index in [1.54, 1.807) is 4.90 Å². The number of nitrogens with zero attached hydrogens (tertiary/aromatic N) is 2. The van der Waals surface area contributed by atoms with Crippen LogP contribution in [0.15, 0.2) is 29.4 Å². The van der Waals surface area contributed by atoms with E-state index in [0.29, 0.717) is 24.7 Å². The maximum Gasteiger partial charge on any atom is 0.322 e. The number of benzene rings is 1. The molecule has 2 amide bonds. The second-order valence-electron chi connectivity index (χ2n) is 5.40. The molecule has 1 heterocycles. The van der Waals surface area contributed by atoms with Crippen molar-refractivity contribution in [3.63, 3.8) is 0 Å². The lowest BCUT2D eigenvalue weighted by atomic mass is 10.00.